The number of aliphatic hydroxyl groups is 1. The number of aliphatic hydroxyl groups excluding tert-OH is 1. The largest absolute Gasteiger partial charge is 0.507 e. The smallest absolute Gasteiger partial charge is 0.126 e. The van der Waals surface area contributed by atoms with Crippen molar-refractivity contribution in [1.82, 2.24) is 0 Å². The molecule has 2 aromatic rings. The molecule has 0 aliphatic rings. The van der Waals surface area contributed by atoms with E-state index in [1.807, 2.05) is 43.3 Å². The van der Waals surface area contributed by atoms with Crippen molar-refractivity contribution in [2.75, 3.05) is 6.61 Å². The molecule has 0 spiro atoms. The van der Waals surface area contributed by atoms with E-state index in [0.717, 1.165) is 16.3 Å². The molecule has 0 aromatic heterocycles. The predicted molar refractivity (Wildman–Crippen MR) is 65.7 cm³/mol. The lowest BCUT2D eigenvalue weighted by molar-refractivity contribution is 0.277. The maximum Gasteiger partial charge on any atom is 0.126 e. The molecule has 2 N–H and O–H groups in total. The van der Waals surface area contributed by atoms with Crippen LogP contribution in [0.2, 0.25) is 0 Å². The van der Waals surface area contributed by atoms with Gasteiger partial charge < -0.3 is 10.2 Å². The fraction of sp³-hybridized carbons (Fsp3) is 0.286. The summed E-state index contributed by atoms with van der Waals surface area (Å²) >= 11 is 0. The van der Waals surface area contributed by atoms with Gasteiger partial charge in [0.2, 0.25) is 0 Å². The van der Waals surface area contributed by atoms with Gasteiger partial charge in [0.05, 0.1) is 0 Å². The van der Waals surface area contributed by atoms with Crippen LogP contribution in [0, 0.1) is 0 Å². The second-order valence-corrected chi connectivity index (χ2v) is 4.14. The number of rotatable bonds is 3. The zero-order chi connectivity index (χ0) is 11.5. The van der Waals surface area contributed by atoms with Gasteiger partial charge in [0.15, 0.2) is 0 Å². The normalized spacial score (nSPS) is 12.9. The van der Waals surface area contributed by atoms with Crippen molar-refractivity contribution in [2.24, 2.45) is 0 Å². The average molecular weight is 216 g/mol. The number of hydrogen-bond acceptors (Lipinski definition) is 2. The average Bonchev–Trinajstić information content (AvgIpc) is 2.30. The van der Waals surface area contributed by atoms with Crippen LogP contribution < -0.4 is 0 Å². The summed E-state index contributed by atoms with van der Waals surface area (Å²) in [6.07, 6.45) is 0.673. The Kier molecular flexibility index (Phi) is 3.11. The summed E-state index contributed by atoms with van der Waals surface area (Å²) in [4.78, 5) is 0. The molecule has 1 atom stereocenters. The van der Waals surface area contributed by atoms with Crippen LogP contribution in [-0.2, 0) is 0 Å². The summed E-state index contributed by atoms with van der Waals surface area (Å²) in [5, 5.41) is 21.0. The van der Waals surface area contributed by atoms with E-state index in [4.69, 9.17) is 5.11 Å². The highest BCUT2D eigenvalue weighted by molar-refractivity contribution is 5.89. The lowest BCUT2D eigenvalue weighted by Gasteiger charge is -2.13. The van der Waals surface area contributed by atoms with Crippen molar-refractivity contribution in [1.29, 1.82) is 0 Å². The maximum absolute atomic E-state index is 10.2. The summed E-state index contributed by atoms with van der Waals surface area (Å²) in [7, 11) is 0. The topological polar surface area (TPSA) is 40.5 Å². The van der Waals surface area contributed by atoms with E-state index < -0.39 is 0 Å². The Labute approximate surface area is 95.2 Å². The molecule has 16 heavy (non-hydrogen) atoms. The highest BCUT2D eigenvalue weighted by Gasteiger charge is 2.12. The van der Waals surface area contributed by atoms with E-state index in [2.05, 4.69) is 0 Å². The molecule has 0 unspecified atom stereocenters. The number of phenolic OH excluding ortho intramolecular Hbond substituents is 1. The number of hydrogen-bond donors (Lipinski definition) is 2. The molecule has 0 bridgehead atoms. The molecule has 0 heterocycles. The van der Waals surface area contributed by atoms with E-state index in [1.54, 1.807) is 0 Å². The third-order valence-corrected chi connectivity index (χ3v) is 3.02. The van der Waals surface area contributed by atoms with Crippen LogP contribution in [-0.4, -0.2) is 16.8 Å². The maximum atomic E-state index is 10.2. The van der Waals surface area contributed by atoms with Crippen LogP contribution in [0.4, 0.5) is 0 Å². The molecule has 2 aromatic carbocycles. The van der Waals surface area contributed by atoms with Crippen LogP contribution >= 0.6 is 0 Å². The summed E-state index contributed by atoms with van der Waals surface area (Å²) in [6.45, 7) is 2.16. The number of fused-ring (bicyclic) bond motifs is 1. The van der Waals surface area contributed by atoms with Gasteiger partial charge >= 0.3 is 0 Å². The Morgan fingerprint density at radius 2 is 1.88 bits per heavy atom. The molecule has 0 fully saturated rings. The van der Waals surface area contributed by atoms with Crippen molar-refractivity contribution in [3.63, 3.8) is 0 Å². The first-order valence-corrected chi connectivity index (χ1v) is 5.55. The van der Waals surface area contributed by atoms with Gasteiger partial charge in [0, 0.05) is 12.0 Å². The van der Waals surface area contributed by atoms with Gasteiger partial charge in [0.1, 0.15) is 5.75 Å². The summed E-state index contributed by atoms with van der Waals surface area (Å²) in [5.74, 6) is 0.522. The third kappa shape index (κ3) is 1.89. The van der Waals surface area contributed by atoms with Gasteiger partial charge in [-0.2, -0.15) is 0 Å². The van der Waals surface area contributed by atoms with Gasteiger partial charge in [-0.1, -0.05) is 43.3 Å². The van der Waals surface area contributed by atoms with E-state index >= 15 is 0 Å². The lowest BCUT2D eigenvalue weighted by atomic mass is 9.94. The zero-order valence-electron chi connectivity index (χ0n) is 9.35. The molecule has 0 amide bonds. The molecule has 0 saturated carbocycles. The fourth-order valence-electron chi connectivity index (χ4n) is 2.02. The van der Waals surface area contributed by atoms with E-state index in [9.17, 15) is 5.11 Å². The second kappa shape index (κ2) is 4.54. The minimum atomic E-state index is 0.146. The van der Waals surface area contributed by atoms with Crippen LogP contribution in [0.5, 0.6) is 5.75 Å². The highest BCUT2D eigenvalue weighted by atomic mass is 16.3. The third-order valence-electron chi connectivity index (χ3n) is 3.02. The van der Waals surface area contributed by atoms with Crippen LogP contribution in [0.15, 0.2) is 36.4 Å². The molecule has 0 aliphatic carbocycles. The Morgan fingerprint density at radius 1 is 1.12 bits per heavy atom. The van der Waals surface area contributed by atoms with Crippen LogP contribution in [0.3, 0.4) is 0 Å². The van der Waals surface area contributed by atoms with Gasteiger partial charge in [-0.25, -0.2) is 0 Å². The number of aromatic hydroxyl groups is 1. The van der Waals surface area contributed by atoms with Gasteiger partial charge in [-0.05, 0) is 23.3 Å². The first-order valence-electron chi connectivity index (χ1n) is 5.55. The fourth-order valence-corrected chi connectivity index (χ4v) is 2.02. The lowest BCUT2D eigenvalue weighted by Crippen LogP contribution is -1.97. The minimum absolute atomic E-state index is 0.146. The molecule has 0 saturated heterocycles. The van der Waals surface area contributed by atoms with Crippen molar-refractivity contribution >= 4 is 10.8 Å². The Balaban J connectivity index is 2.52. The first kappa shape index (κ1) is 11.0. The van der Waals surface area contributed by atoms with Gasteiger partial charge in [0.25, 0.3) is 0 Å². The zero-order valence-corrected chi connectivity index (χ0v) is 9.35. The highest BCUT2D eigenvalue weighted by Crippen LogP contribution is 2.34. The first-order chi connectivity index (χ1) is 7.74. The molecule has 2 nitrogen and oxygen atoms in total. The molecule has 0 radical (unpaired) electrons. The Bertz CT molecular complexity index is 491. The Morgan fingerprint density at radius 3 is 2.62 bits per heavy atom. The van der Waals surface area contributed by atoms with Crippen molar-refractivity contribution in [3.05, 3.63) is 42.0 Å². The number of phenols is 1. The van der Waals surface area contributed by atoms with Crippen LogP contribution in [0.1, 0.15) is 24.8 Å². The molecule has 0 aliphatic heterocycles. The van der Waals surface area contributed by atoms with Gasteiger partial charge in [-0.3, -0.25) is 0 Å². The van der Waals surface area contributed by atoms with Crippen molar-refractivity contribution in [3.8, 4) is 5.75 Å². The van der Waals surface area contributed by atoms with Gasteiger partial charge in [-0.15, -0.1) is 0 Å². The SMILES string of the molecule is C[C@H](CCO)c1ccc2ccccc2c1O. The van der Waals surface area contributed by atoms with E-state index in [-0.39, 0.29) is 12.5 Å². The van der Waals surface area contributed by atoms with E-state index in [0.29, 0.717) is 12.2 Å². The summed E-state index contributed by atoms with van der Waals surface area (Å²) in [5.41, 5.74) is 0.910. The van der Waals surface area contributed by atoms with Crippen LogP contribution in [0.25, 0.3) is 10.8 Å². The number of benzene rings is 2. The van der Waals surface area contributed by atoms with Crippen molar-refractivity contribution < 1.29 is 10.2 Å². The molecule has 2 heteroatoms. The van der Waals surface area contributed by atoms with Crippen molar-refractivity contribution in [2.45, 2.75) is 19.3 Å². The molecule has 2 rings (SSSR count). The van der Waals surface area contributed by atoms with E-state index in [1.165, 1.54) is 0 Å². The standard InChI is InChI=1S/C14H16O2/c1-10(8-9-15)12-7-6-11-4-2-3-5-13(11)14(12)16/h2-7,10,15-16H,8-9H2,1H3/t10-/m1/s1. The predicted octanol–water partition coefficient (Wildman–Crippen LogP) is 3.03. The monoisotopic (exact) mass is 216 g/mol. The summed E-state index contributed by atoms with van der Waals surface area (Å²) < 4.78 is 0. The molecule has 84 valence electrons. The second-order valence-electron chi connectivity index (χ2n) is 4.14. The molecular weight excluding hydrogens is 200 g/mol. The quantitative estimate of drug-likeness (QED) is 0.828. The summed E-state index contributed by atoms with van der Waals surface area (Å²) in [6, 6.07) is 11.7. The minimum Gasteiger partial charge on any atom is -0.507 e. The molecular formula is C14H16O2. The Hall–Kier alpha value is -1.54.